The van der Waals surface area contributed by atoms with Crippen molar-refractivity contribution in [3.63, 3.8) is 0 Å². The van der Waals surface area contributed by atoms with Crippen LogP contribution in [-0.4, -0.2) is 17.0 Å². The summed E-state index contributed by atoms with van der Waals surface area (Å²) in [7, 11) is 0. The fourth-order valence-corrected chi connectivity index (χ4v) is 2.08. The van der Waals surface area contributed by atoms with Gasteiger partial charge in [-0.3, -0.25) is 4.79 Å². The second-order valence-corrected chi connectivity index (χ2v) is 5.22. The minimum atomic E-state index is 0.0289. The Kier molecular flexibility index (Phi) is 3.92. The number of fused-ring (bicyclic) bond motifs is 1. The predicted molar refractivity (Wildman–Crippen MR) is 74.8 cm³/mol. The van der Waals surface area contributed by atoms with E-state index in [1.807, 2.05) is 35.0 Å². The standard InChI is InChI=1S/C14H17ClN2O/c1-10(2)8-16-14(18)9-17-7-6-11-12(15)4-3-5-13(11)17/h3-7,10H,8-9H2,1-2H3,(H,16,18). The summed E-state index contributed by atoms with van der Waals surface area (Å²) >= 11 is 6.10. The third-order valence-corrected chi connectivity index (χ3v) is 3.11. The van der Waals surface area contributed by atoms with Crippen LogP contribution < -0.4 is 5.32 Å². The first-order valence-electron chi connectivity index (χ1n) is 6.08. The summed E-state index contributed by atoms with van der Waals surface area (Å²) in [6, 6.07) is 7.66. The second kappa shape index (κ2) is 5.44. The van der Waals surface area contributed by atoms with E-state index in [0.29, 0.717) is 24.0 Å². The van der Waals surface area contributed by atoms with Crippen molar-refractivity contribution in [1.29, 1.82) is 0 Å². The first-order valence-corrected chi connectivity index (χ1v) is 6.46. The van der Waals surface area contributed by atoms with E-state index < -0.39 is 0 Å². The van der Waals surface area contributed by atoms with Gasteiger partial charge in [0.25, 0.3) is 0 Å². The highest BCUT2D eigenvalue weighted by atomic mass is 35.5. The van der Waals surface area contributed by atoms with Crippen molar-refractivity contribution in [2.24, 2.45) is 5.92 Å². The molecule has 96 valence electrons. The Labute approximate surface area is 112 Å². The maximum atomic E-state index is 11.8. The monoisotopic (exact) mass is 264 g/mol. The molecule has 18 heavy (non-hydrogen) atoms. The van der Waals surface area contributed by atoms with Gasteiger partial charge in [-0.15, -0.1) is 0 Å². The van der Waals surface area contributed by atoms with Gasteiger partial charge in [0.2, 0.25) is 5.91 Å². The zero-order valence-electron chi connectivity index (χ0n) is 10.6. The Morgan fingerprint density at radius 1 is 1.39 bits per heavy atom. The first-order chi connectivity index (χ1) is 8.58. The Bertz CT molecular complexity index is 560. The van der Waals surface area contributed by atoms with Crippen LogP contribution in [0.2, 0.25) is 5.02 Å². The topological polar surface area (TPSA) is 34.0 Å². The molecule has 0 radical (unpaired) electrons. The van der Waals surface area contributed by atoms with Crippen LogP contribution in [0.1, 0.15) is 13.8 Å². The second-order valence-electron chi connectivity index (χ2n) is 4.81. The fraction of sp³-hybridized carbons (Fsp3) is 0.357. The molecule has 0 aliphatic carbocycles. The molecule has 2 aromatic rings. The Morgan fingerprint density at radius 3 is 2.89 bits per heavy atom. The summed E-state index contributed by atoms with van der Waals surface area (Å²) in [5, 5.41) is 4.61. The molecule has 1 N–H and O–H groups in total. The average molecular weight is 265 g/mol. The number of aromatic nitrogens is 1. The number of amides is 1. The van der Waals surface area contributed by atoms with Gasteiger partial charge in [-0.25, -0.2) is 0 Å². The molecule has 1 heterocycles. The molecule has 3 nitrogen and oxygen atoms in total. The number of nitrogens with one attached hydrogen (secondary N) is 1. The molecule has 0 atom stereocenters. The highest BCUT2D eigenvalue weighted by Gasteiger charge is 2.07. The van der Waals surface area contributed by atoms with Gasteiger partial charge in [0.05, 0.1) is 0 Å². The molecule has 0 saturated carbocycles. The lowest BCUT2D eigenvalue weighted by Crippen LogP contribution is -2.30. The van der Waals surface area contributed by atoms with Crippen molar-refractivity contribution in [1.82, 2.24) is 9.88 Å². The van der Waals surface area contributed by atoms with E-state index >= 15 is 0 Å². The maximum Gasteiger partial charge on any atom is 0.239 e. The highest BCUT2D eigenvalue weighted by Crippen LogP contribution is 2.23. The predicted octanol–water partition coefficient (Wildman–Crippen LogP) is 3.07. The van der Waals surface area contributed by atoms with Crippen molar-refractivity contribution in [2.45, 2.75) is 20.4 Å². The molecular formula is C14H17ClN2O. The van der Waals surface area contributed by atoms with E-state index in [1.165, 1.54) is 0 Å². The lowest BCUT2D eigenvalue weighted by atomic mass is 10.2. The lowest BCUT2D eigenvalue weighted by Gasteiger charge is -2.09. The zero-order valence-corrected chi connectivity index (χ0v) is 11.4. The van der Waals surface area contributed by atoms with Gasteiger partial charge in [-0.2, -0.15) is 0 Å². The summed E-state index contributed by atoms with van der Waals surface area (Å²) in [5.41, 5.74) is 0.988. The molecular weight excluding hydrogens is 248 g/mol. The Morgan fingerprint density at radius 2 is 2.17 bits per heavy atom. The average Bonchev–Trinajstić information content (AvgIpc) is 2.72. The molecule has 1 amide bonds. The summed E-state index contributed by atoms with van der Waals surface area (Å²) < 4.78 is 1.91. The van der Waals surface area contributed by atoms with Crippen LogP contribution in [0.4, 0.5) is 0 Å². The van der Waals surface area contributed by atoms with Crippen LogP contribution in [0.25, 0.3) is 10.9 Å². The van der Waals surface area contributed by atoms with Crippen molar-refractivity contribution in [3.05, 3.63) is 35.5 Å². The third-order valence-electron chi connectivity index (χ3n) is 2.78. The minimum Gasteiger partial charge on any atom is -0.354 e. The number of nitrogens with zero attached hydrogens (tertiary/aromatic N) is 1. The number of hydrogen-bond acceptors (Lipinski definition) is 1. The van der Waals surface area contributed by atoms with Crippen molar-refractivity contribution in [3.8, 4) is 0 Å². The Hall–Kier alpha value is -1.48. The third kappa shape index (κ3) is 2.85. The summed E-state index contributed by atoms with van der Waals surface area (Å²) in [6.45, 7) is 5.19. The van der Waals surface area contributed by atoms with Crippen LogP contribution >= 0.6 is 11.6 Å². The van der Waals surface area contributed by atoms with Crippen molar-refractivity contribution < 1.29 is 4.79 Å². The summed E-state index contributed by atoms with van der Waals surface area (Å²) in [5.74, 6) is 0.492. The van der Waals surface area contributed by atoms with Crippen LogP contribution in [0.3, 0.4) is 0 Å². The maximum absolute atomic E-state index is 11.8. The van der Waals surface area contributed by atoms with E-state index in [9.17, 15) is 4.79 Å². The molecule has 0 fully saturated rings. The van der Waals surface area contributed by atoms with Crippen molar-refractivity contribution >= 4 is 28.4 Å². The van der Waals surface area contributed by atoms with Crippen LogP contribution in [-0.2, 0) is 11.3 Å². The zero-order chi connectivity index (χ0) is 13.1. The Balaban J connectivity index is 2.12. The quantitative estimate of drug-likeness (QED) is 0.905. The van der Waals surface area contributed by atoms with E-state index in [1.54, 1.807) is 0 Å². The molecule has 1 aromatic heterocycles. The number of halogens is 1. The highest BCUT2D eigenvalue weighted by molar-refractivity contribution is 6.35. The SMILES string of the molecule is CC(C)CNC(=O)Cn1ccc2c(Cl)cccc21. The molecule has 4 heteroatoms. The molecule has 0 aliphatic heterocycles. The minimum absolute atomic E-state index is 0.0289. The smallest absolute Gasteiger partial charge is 0.239 e. The van der Waals surface area contributed by atoms with Gasteiger partial charge in [0, 0.05) is 28.7 Å². The van der Waals surface area contributed by atoms with Crippen molar-refractivity contribution in [2.75, 3.05) is 6.54 Å². The van der Waals surface area contributed by atoms with Gasteiger partial charge in [0.1, 0.15) is 6.54 Å². The number of rotatable bonds is 4. The molecule has 0 unspecified atom stereocenters. The summed E-state index contributed by atoms with van der Waals surface area (Å²) in [6.07, 6.45) is 1.89. The number of carbonyl (C=O) groups is 1. The van der Waals surface area contributed by atoms with Gasteiger partial charge in [-0.1, -0.05) is 31.5 Å². The van der Waals surface area contributed by atoms with Gasteiger partial charge < -0.3 is 9.88 Å². The normalized spacial score (nSPS) is 11.1. The number of hydrogen-bond donors (Lipinski definition) is 1. The van der Waals surface area contributed by atoms with E-state index in [4.69, 9.17) is 11.6 Å². The van der Waals surface area contributed by atoms with Gasteiger partial charge in [-0.05, 0) is 24.1 Å². The lowest BCUT2D eigenvalue weighted by molar-refractivity contribution is -0.121. The first kappa shape index (κ1) is 13.0. The van der Waals surface area contributed by atoms with Gasteiger partial charge in [0.15, 0.2) is 0 Å². The van der Waals surface area contributed by atoms with E-state index in [0.717, 1.165) is 10.9 Å². The van der Waals surface area contributed by atoms with Crippen LogP contribution in [0.5, 0.6) is 0 Å². The van der Waals surface area contributed by atoms with Crippen LogP contribution in [0, 0.1) is 5.92 Å². The number of benzene rings is 1. The largest absolute Gasteiger partial charge is 0.354 e. The molecule has 0 spiro atoms. The molecule has 0 saturated heterocycles. The molecule has 0 bridgehead atoms. The fourth-order valence-electron chi connectivity index (χ4n) is 1.85. The number of carbonyl (C=O) groups excluding carboxylic acids is 1. The molecule has 2 rings (SSSR count). The molecule has 0 aliphatic rings. The molecule has 1 aromatic carbocycles. The van der Waals surface area contributed by atoms with E-state index in [2.05, 4.69) is 19.2 Å². The van der Waals surface area contributed by atoms with Crippen LogP contribution in [0.15, 0.2) is 30.5 Å². The van der Waals surface area contributed by atoms with E-state index in [-0.39, 0.29) is 5.91 Å². The van der Waals surface area contributed by atoms with Gasteiger partial charge >= 0.3 is 0 Å². The summed E-state index contributed by atoms with van der Waals surface area (Å²) in [4.78, 5) is 11.8.